The van der Waals surface area contributed by atoms with Crippen molar-refractivity contribution in [2.45, 2.75) is 25.3 Å². The van der Waals surface area contributed by atoms with Crippen LogP contribution in [0.3, 0.4) is 0 Å². The smallest absolute Gasteiger partial charge is 0.119 e. The Balaban J connectivity index is 1.56. The largest absolute Gasteiger partial charge is 0.497 e. The second-order valence-electron chi connectivity index (χ2n) is 9.23. The number of aryl methyl sites for hydroxylation is 1. The summed E-state index contributed by atoms with van der Waals surface area (Å²) in [5.74, 6) is 2.06. The second kappa shape index (κ2) is 8.99. The molecule has 0 spiro atoms. The molecule has 4 aromatic rings. The summed E-state index contributed by atoms with van der Waals surface area (Å²) in [5.41, 5.74) is 10.8. The van der Waals surface area contributed by atoms with E-state index in [1.807, 2.05) is 12.1 Å². The van der Waals surface area contributed by atoms with Gasteiger partial charge in [0.1, 0.15) is 11.5 Å². The Hall–Kier alpha value is -3.98. The standard InChI is InChI=1S/C32H29NO2/c1-34-25-15-12-22(13-16-25)21-33-30-11-7-6-10-28(30)31(23-8-4-3-5-9-23)29-18-14-24-20-26(35-2)17-19-27(24)32(29)33/h3-13,15-17,19-20,31H,14,18,21H2,1-2H3/t31-/m1/s1. The van der Waals surface area contributed by atoms with Gasteiger partial charge >= 0.3 is 0 Å². The Kier molecular flexibility index (Phi) is 5.54. The fourth-order valence-electron chi connectivity index (χ4n) is 5.69. The zero-order valence-corrected chi connectivity index (χ0v) is 20.2. The summed E-state index contributed by atoms with van der Waals surface area (Å²) >= 11 is 0. The second-order valence-corrected chi connectivity index (χ2v) is 9.23. The molecule has 1 heterocycles. The Labute approximate surface area is 207 Å². The fraction of sp³-hybridized carbons (Fsp3) is 0.188. The highest BCUT2D eigenvalue weighted by molar-refractivity contribution is 5.90. The van der Waals surface area contributed by atoms with Crippen molar-refractivity contribution in [3.05, 3.63) is 130 Å². The topological polar surface area (TPSA) is 21.7 Å². The fourth-order valence-corrected chi connectivity index (χ4v) is 5.69. The number of anilines is 1. The van der Waals surface area contributed by atoms with Gasteiger partial charge in [0, 0.05) is 29.4 Å². The normalized spacial score (nSPS) is 16.3. The van der Waals surface area contributed by atoms with Crippen LogP contribution in [0, 0.1) is 0 Å². The van der Waals surface area contributed by atoms with Crippen molar-refractivity contribution in [2.75, 3.05) is 19.1 Å². The first-order valence-corrected chi connectivity index (χ1v) is 12.2. The van der Waals surface area contributed by atoms with E-state index in [0.717, 1.165) is 30.9 Å². The van der Waals surface area contributed by atoms with E-state index in [0.29, 0.717) is 0 Å². The molecular formula is C32H29NO2. The van der Waals surface area contributed by atoms with Crippen LogP contribution in [0.15, 0.2) is 103 Å². The molecule has 174 valence electrons. The third kappa shape index (κ3) is 3.77. The molecule has 3 nitrogen and oxygen atoms in total. The van der Waals surface area contributed by atoms with Crippen molar-refractivity contribution >= 4 is 11.4 Å². The van der Waals surface area contributed by atoms with E-state index >= 15 is 0 Å². The molecule has 1 atom stereocenters. The molecule has 6 rings (SSSR count). The van der Waals surface area contributed by atoms with E-state index in [1.165, 1.54) is 44.8 Å². The van der Waals surface area contributed by atoms with Crippen molar-refractivity contribution in [1.29, 1.82) is 0 Å². The van der Waals surface area contributed by atoms with Gasteiger partial charge in [-0.3, -0.25) is 0 Å². The number of benzene rings is 4. The van der Waals surface area contributed by atoms with Crippen LogP contribution in [0.25, 0.3) is 5.70 Å². The summed E-state index contributed by atoms with van der Waals surface area (Å²) < 4.78 is 11.0. The van der Waals surface area contributed by atoms with Crippen LogP contribution < -0.4 is 14.4 Å². The molecule has 2 aliphatic rings. The van der Waals surface area contributed by atoms with Crippen molar-refractivity contribution in [1.82, 2.24) is 0 Å². The highest BCUT2D eigenvalue weighted by atomic mass is 16.5. The molecular weight excluding hydrogens is 430 g/mol. The molecule has 0 radical (unpaired) electrons. The molecule has 35 heavy (non-hydrogen) atoms. The molecule has 0 N–H and O–H groups in total. The van der Waals surface area contributed by atoms with Gasteiger partial charge in [0.15, 0.2) is 0 Å². The minimum absolute atomic E-state index is 0.254. The Morgan fingerprint density at radius 1 is 0.743 bits per heavy atom. The quantitative estimate of drug-likeness (QED) is 0.315. The maximum Gasteiger partial charge on any atom is 0.119 e. The lowest BCUT2D eigenvalue weighted by Crippen LogP contribution is -2.32. The molecule has 1 aliphatic carbocycles. The van der Waals surface area contributed by atoms with Gasteiger partial charge in [-0.1, -0.05) is 60.7 Å². The van der Waals surface area contributed by atoms with E-state index in [-0.39, 0.29) is 5.92 Å². The monoisotopic (exact) mass is 459 g/mol. The molecule has 0 bridgehead atoms. The maximum atomic E-state index is 5.57. The summed E-state index contributed by atoms with van der Waals surface area (Å²) in [6.07, 6.45) is 2.05. The highest BCUT2D eigenvalue weighted by Gasteiger charge is 2.36. The van der Waals surface area contributed by atoms with Crippen LogP contribution in [0.1, 0.15) is 40.2 Å². The van der Waals surface area contributed by atoms with E-state index in [1.54, 1.807) is 14.2 Å². The van der Waals surface area contributed by atoms with Crippen LogP contribution in [0.4, 0.5) is 5.69 Å². The molecule has 1 aliphatic heterocycles. The summed E-state index contributed by atoms with van der Waals surface area (Å²) in [4.78, 5) is 2.52. The number of rotatable bonds is 5. The number of hydrogen-bond donors (Lipinski definition) is 0. The zero-order chi connectivity index (χ0) is 23.8. The molecule has 0 saturated heterocycles. The van der Waals surface area contributed by atoms with Crippen molar-refractivity contribution in [2.24, 2.45) is 0 Å². The molecule has 0 aromatic heterocycles. The lowest BCUT2D eigenvalue weighted by atomic mass is 9.73. The minimum Gasteiger partial charge on any atom is -0.497 e. The van der Waals surface area contributed by atoms with Gasteiger partial charge in [0.25, 0.3) is 0 Å². The number of hydrogen-bond acceptors (Lipinski definition) is 3. The lowest BCUT2D eigenvalue weighted by molar-refractivity contribution is 0.414. The minimum atomic E-state index is 0.254. The molecule has 0 amide bonds. The van der Waals surface area contributed by atoms with Gasteiger partial charge in [0.05, 0.1) is 14.2 Å². The van der Waals surface area contributed by atoms with Crippen molar-refractivity contribution in [3.63, 3.8) is 0 Å². The van der Waals surface area contributed by atoms with Crippen LogP contribution in [0.2, 0.25) is 0 Å². The first-order chi connectivity index (χ1) is 17.3. The number of allylic oxidation sites excluding steroid dienone is 1. The molecule has 0 saturated carbocycles. The van der Waals surface area contributed by atoms with Crippen molar-refractivity contribution in [3.8, 4) is 11.5 Å². The van der Waals surface area contributed by atoms with E-state index < -0.39 is 0 Å². The molecule has 0 fully saturated rings. The van der Waals surface area contributed by atoms with Gasteiger partial charge in [0.2, 0.25) is 0 Å². The summed E-state index contributed by atoms with van der Waals surface area (Å²) in [5, 5.41) is 0. The highest BCUT2D eigenvalue weighted by Crippen LogP contribution is 2.52. The third-order valence-electron chi connectivity index (χ3n) is 7.32. The number of fused-ring (bicyclic) bond motifs is 3. The number of methoxy groups -OCH3 is 2. The third-order valence-corrected chi connectivity index (χ3v) is 7.32. The van der Waals surface area contributed by atoms with Crippen LogP contribution in [-0.4, -0.2) is 14.2 Å². The average molecular weight is 460 g/mol. The zero-order valence-electron chi connectivity index (χ0n) is 20.2. The first kappa shape index (κ1) is 21.5. The maximum absolute atomic E-state index is 5.57. The van der Waals surface area contributed by atoms with E-state index in [2.05, 4.69) is 89.8 Å². The molecule has 3 heteroatoms. The van der Waals surface area contributed by atoms with Gasteiger partial charge in [-0.05, 0) is 77.1 Å². The Morgan fingerprint density at radius 2 is 1.46 bits per heavy atom. The predicted molar refractivity (Wildman–Crippen MR) is 142 cm³/mol. The molecule has 4 aromatic carbocycles. The number of ether oxygens (including phenoxy) is 2. The van der Waals surface area contributed by atoms with Gasteiger partial charge in [-0.2, -0.15) is 0 Å². The predicted octanol–water partition coefficient (Wildman–Crippen LogP) is 7.21. The number of para-hydroxylation sites is 1. The van der Waals surface area contributed by atoms with Crippen LogP contribution in [-0.2, 0) is 13.0 Å². The number of nitrogens with zero attached hydrogens (tertiary/aromatic N) is 1. The van der Waals surface area contributed by atoms with Crippen molar-refractivity contribution < 1.29 is 9.47 Å². The van der Waals surface area contributed by atoms with Gasteiger partial charge in [-0.25, -0.2) is 0 Å². The summed E-state index contributed by atoms with van der Waals surface area (Å²) in [7, 11) is 3.46. The Morgan fingerprint density at radius 3 is 2.23 bits per heavy atom. The van der Waals surface area contributed by atoms with Crippen LogP contribution >= 0.6 is 0 Å². The Bertz CT molecular complexity index is 1390. The summed E-state index contributed by atoms with van der Waals surface area (Å²) in [6, 6.07) is 34.9. The van der Waals surface area contributed by atoms with Gasteiger partial charge < -0.3 is 14.4 Å². The van der Waals surface area contributed by atoms with Gasteiger partial charge in [-0.15, -0.1) is 0 Å². The SMILES string of the molecule is COc1ccc(CN2C3=C(CCc4cc(OC)ccc43)[C@H](c3ccccc3)c3ccccc32)cc1. The molecule has 0 unspecified atom stereocenters. The van der Waals surface area contributed by atoms with E-state index in [9.17, 15) is 0 Å². The lowest BCUT2D eigenvalue weighted by Gasteiger charge is -2.43. The van der Waals surface area contributed by atoms with E-state index in [4.69, 9.17) is 9.47 Å². The first-order valence-electron chi connectivity index (χ1n) is 12.2. The average Bonchev–Trinajstić information content (AvgIpc) is 2.93. The van der Waals surface area contributed by atoms with Crippen LogP contribution in [0.5, 0.6) is 11.5 Å². The summed E-state index contributed by atoms with van der Waals surface area (Å²) in [6.45, 7) is 0.798.